The number of carboxylic acid groups (broad SMARTS) is 1. The van der Waals surface area contributed by atoms with Gasteiger partial charge in [-0.2, -0.15) is 0 Å². The van der Waals surface area contributed by atoms with Crippen molar-refractivity contribution < 1.29 is 29.0 Å². The van der Waals surface area contributed by atoms with Crippen LogP contribution in [0.1, 0.15) is 50.7 Å². The Morgan fingerprint density at radius 3 is 2.14 bits per heavy atom. The molecular formula is C27H34N2O6. The first kappa shape index (κ1) is 26.2. The number of nitrogens with zero attached hydrogens (tertiary/aromatic N) is 1. The van der Waals surface area contributed by atoms with Crippen LogP contribution in [0, 0.1) is 0 Å². The largest absolute Gasteiger partial charge is 0.481 e. The molecule has 8 nitrogen and oxygen atoms in total. The lowest BCUT2D eigenvalue weighted by atomic mass is 9.98. The Hall–Kier alpha value is -3.39. The number of alkyl carbamates (subject to hydrolysis) is 1. The van der Waals surface area contributed by atoms with Gasteiger partial charge in [0.15, 0.2) is 0 Å². The number of ether oxygens (including phenoxy) is 2. The van der Waals surface area contributed by atoms with Gasteiger partial charge in [0.05, 0.1) is 18.9 Å². The molecule has 0 bridgehead atoms. The third-order valence-corrected chi connectivity index (χ3v) is 6.29. The molecule has 2 aromatic rings. The van der Waals surface area contributed by atoms with E-state index in [1.807, 2.05) is 31.2 Å². The summed E-state index contributed by atoms with van der Waals surface area (Å²) >= 11 is 0. The van der Waals surface area contributed by atoms with Crippen molar-refractivity contribution in [1.82, 2.24) is 10.2 Å². The second-order valence-corrected chi connectivity index (χ2v) is 8.61. The Bertz CT molecular complexity index is 994. The fourth-order valence-electron chi connectivity index (χ4n) is 4.68. The molecule has 0 fully saturated rings. The predicted molar refractivity (Wildman–Crippen MR) is 132 cm³/mol. The summed E-state index contributed by atoms with van der Waals surface area (Å²) in [6.45, 7) is 6.42. The first-order chi connectivity index (χ1) is 16.8. The lowest BCUT2D eigenvalue weighted by molar-refractivity contribution is -0.141. The zero-order valence-electron chi connectivity index (χ0n) is 20.5. The standard InChI is InChI=1S/C27H34N2O6/c1-4-29(18(3)14-26(31)32)25(30)15-19(34-5-2)16-28-27(33)35-17-24-22-12-8-6-10-20(22)21-11-7-9-13-23(21)24/h6-13,18-19,24H,4-5,14-17H2,1-3H3,(H,28,33)(H,31,32). The van der Waals surface area contributed by atoms with Crippen molar-refractivity contribution in [2.24, 2.45) is 0 Å². The Morgan fingerprint density at radius 1 is 1.00 bits per heavy atom. The van der Waals surface area contributed by atoms with Crippen molar-refractivity contribution >= 4 is 18.0 Å². The molecule has 0 aliphatic heterocycles. The van der Waals surface area contributed by atoms with Gasteiger partial charge >= 0.3 is 12.1 Å². The fraction of sp³-hybridized carbons (Fsp3) is 0.444. The summed E-state index contributed by atoms with van der Waals surface area (Å²) in [6.07, 6.45) is -1.21. The average Bonchev–Trinajstić information content (AvgIpc) is 3.15. The van der Waals surface area contributed by atoms with Crippen LogP contribution in [0.3, 0.4) is 0 Å². The lowest BCUT2D eigenvalue weighted by Gasteiger charge is -2.29. The minimum Gasteiger partial charge on any atom is -0.481 e. The molecule has 3 rings (SSSR count). The molecule has 0 spiro atoms. The number of carbonyl (C=O) groups is 3. The molecule has 35 heavy (non-hydrogen) atoms. The highest BCUT2D eigenvalue weighted by atomic mass is 16.5. The number of amides is 2. The third kappa shape index (κ3) is 6.60. The minimum atomic E-state index is -0.956. The maximum Gasteiger partial charge on any atom is 0.407 e. The molecule has 2 atom stereocenters. The van der Waals surface area contributed by atoms with Crippen LogP contribution in [0.5, 0.6) is 0 Å². The summed E-state index contributed by atoms with van der Waals surface area (Å²) < 4.78 is 11.2. The van der Waals surface area contributed by atoms with E-state index in [4.69, 9.17) is 14.6 Å². The van der Waals surface area contributed by atoms with E-state index in [1.165, 1.54) is 4.90 Å². The van der Waals surface area contributed by atoms with E-state index >= 15 is 0 Å². The van der Waals surface area contributed by atoms with Crippen LogP contribution in [0.15, 0.2) is 48.5 Å². The molecule has 1 aliphatic carbocycles. The quantitative estimate of drug-likeness (QED) is 0.473. The summed E-state index contributed by atoms with van der Waals surface area (Å²) in [4.78, 5) is 37.8. The maximum absolute atomic E-state index is 12.8. The summed E-state index contributed by atoms with van der Waals surface area (Å²) in [5.41, 5.74) is 4.58. The fourth-order valence-corrected chi connectivity index (χ4v) is 4.68. The molecule has 188 valence electrons. The third-order valence-electron chi connectivity index (χ3n) is 6.29. The molecular weight excluding hydrogens is 448 g/mol. The van der Waals surface area contributed by atoms with Crippen LogP contribution in [-0.4, -0.2) is 66.4 Å². The van der Waals surface area contributed by atoms with Crippen molar-refractivity contribution in [3.63, 3.8) is 0 Å². The van der Waals surface area contributed by atoms with Crippen molar-refractivity contribution in [1.29, 1.82) is 0 Å². The van der Waals surface area contributed by atoms with Gasteiger partial charge in [0.25, 0.3) is 0 Å². The van der Waals surface area contributed by atoms with E-state index < -0.39 is 24.2 Å². The smallest absolute Gasteiger partial charge is 0.407 e. The number of hydrogen-bond acceptors (Lipinski definition) is 5. The zero-order chi connectivity index (χ0) is 25.4. The van der Waals surface area contributed by atoms with E-state index in [0.29, 0.717) is 13.2 Å². The molecule has 2 aromatic carbocycles. The Kier molecular flexibility index (Phi) is 9.25. The molecule has 0 heterocycles. The number of fused-ring (bicyclic) bond motifs is 3. The molecule has 1 aliphatic rings. The Balaban J connectivity index is 1.55. The molecule has 0 saturated carbocycles. The number of benzene rings is 2. The van der Waals surface area contributed by atoms with Crippen molar-refractivity contribution in [2.75, 3.05) is 26.3 Å². The number of nitrogens with one attached hydrogen (secondary N) is 1. The van der Waals surface area contributed by atoms with Gasteiger partial charge in [0, 0.05) is 31.7 Å². The SMILES string of the molecule is CCOC(CNC(=O)OCC1c2ccccc2-c2ccccc21)CC(=O)N(CC)C(C)CC(=O)O. The van der Waals surface area contributed by atoms with E-state index in [-0.39, 0.29) is 37.8 Å². The monoisotopic (exact) mass is 482 g/mol. The molecule has 2 unspecified atom stereocenters. The number of rotatable bonds is 12. The first-order valence-corrected chi connectivity index (χ1v) is 12.1. The van der Waals surface area contributed by atoms with Crippen LogP contribution in [-0.2, 0) is 19.1 Å². The van der Waals surface area contributed by atoms with Gasteiger partial charge in [-0.15, -0.1) is 0 Å². The van der Waals surface area contributed by atoms with Crippen molar-refractivity contribution in [3.05, 3.63) is 59.7 Å². The lowest BCUT2D eigenvalue weighted by Crippen LogP contribution is -2.43. The van der Waals surface area contributed by atoms with E-state index in [2.05, 4.69) is 29.6 Å². The van der Waals surface area contributed by atoms with Crippen LogP contribution < -0.4 is 5.32 Å². The summed E-state index contributed by atoms with van der Waals surface area (Å²) in [6, 6.07) is 15.8. The van der Waals surface area contributed by atoms with Crippen LogP contribution in [0.2, 0.25) is 0 Å². The van der Waals surface area contributed by atoms with Gasteiger partial charge < -0.3 is 24.8 Å². The van der Waals surface area contributed by atoms with Crippen molar-refractivity contribution in [2.45, 2.75) is 51.7 Å². The molecule has 0 saturated heterocycles. The van der Waals surface area contributed by atoms with E-state index in [9.17, 15) is 14.4 Å². The Morgan fingerprint density at radius 2 is 1.60 bits per heavy atom. The molecule has 2 N–H and O–H groups in total. The predicted octanol–water partition coefficient (Wildman–Crippen LogP) is 4.03. The zero-order valence-corrected chi connectivity index (χ0v) is 20.5. The van der Waals surface area contributed by atoms with Crippen molar-refractivity contribution in [3.8, 4) is 11.1 Å². The molecule has 8 heteroatoms. The number of carboxylic acids is 1. The van der Waals surface area contributed by atoms with Crippen LogP contribution >= 0.6 is 0 Å². The Labute approximate surface area is 206 Å². The van der Waals surface area contributed by atoms with Gasteiger partial charge in [0.2, 0.25) is 5.91 Å². The number of aliphatic carboxylic acids is 1. The second-order valence-electron chi connectivity index (χ2n) is 8.61. The highest BCUT2D eigenvalue weighted by Crippen LogP contribution is 2.44. The second kappa shape index (κ2) is 12.4. The first-order valence-electron chi connectivity index (χ1n) is 12.1. The molecule has 0 radical (unpaired) electrons. The maximum atomic E-state index is 12.8. The van der Waals surface area contributed by atoms with Crippen LogP contribution in [0.25, 0.3) is 11.1 Å². The summed E-state index contributed by atoms with van der Waals surface area (Å²) in [5, 5.41) is 11.7. The number of carbonyl (C=O) groups excluding carboxylic acids is 2. The normalized spacial score (nSPS) is 13.9. The van der Waals surface area contributed by atoms with Gasteiger partial charge in [-0.25, -0.2) is 4.79 Å². The summed E-state index contributed by atoms with van der Waals surface area (Å²) in [7, 11) is 0. The van der Waals surface area contributed by atoms with Gasteiger partial charge in [0.1, 0.15) is 6.61 Å². The molecule has 0 aromatic heterocycles. The highest BCUT2D eigenvalue weighted by Gasteiger charge is 2.29. The van der Waals surface area contributed by atoms with Crippen LogP contribution in [0.4, 0.5) is 4.79 Å². The number of hydrogen-bond donors (Lipinski definition) is 2. The van der Waals surface area contributed by atoms with Gasteiger partial charge in [-0.3, -0.25) is 9.59 Å². The summed E-state index contributed by atoms with van der Waals surface area (Å²) in [5.74, 6) is -1.21. The van der Waals surface area contributed by atoms with E-state index in [0.717, 1.165) is 22.3 Å². The topological polar surface area (TPSA) is 105 Å². The van der Waals surface area contributed by atoms with E-state index in [1.54, 1.807) is 13.8 Å². The average molecular weight is 483 g/mol. The van der Waals surface area contributed by atoms with Gasteiger partial charge in [-0.1, -0.05) is 48.5 Å². The van der Waals surface area contributed by atoms with Gasteiger partial charge in [-0.05, 0) is 43.0 Å². The highest BCUT2D eigenvalue weighted by molar-refractivity contribution is 5.79. The minimum absolute atomic E-state index is 0.0359. The molecule has 2 amide bonds.